The molecule has 0 radical (unpaired) electrons. The van der Waals surface area contributed by atoms with E-state index in [4.69, 9.17) is 14.6 Å². The summed E-state index contributed by atoms with van der Waals surface area (Å²) in [5.74, 6) is -1.03. The number of hydrogen-bond acceptors (Lipinski definition) is 4. The van der Waals surface area contributed by atoms with Gasteiger partial charge in [-0.1, -0.05) is 0 Å². The normalized spacial score (nSPS) is 12.0. The summed E-state index contributed by atoms with van der Waals surface area (Å²) < 4.78 is 9.90. The first-order valence-corrected chi connectivity index (χ1v) is 6.18. The van der Waals surface area contributed by atoms with Gasteiger partial charge >= 0.3 is 12.0 Å². The fraction of sp³-hybridized carbons (Fsp3) is 0.833. The van der Waals surface area contributed by atoms with Gasteiger partial charge in [-0.3, -0.25) is 0 Å². The molecule has 0 saturated heterocycles. The van der Waals surface area contributed by atoms with Crippen molar-refractivity contribution >= 4 is 12.0 Å². The van der Waals surface area contributed by atoms with Crippen LogP contribution in [0.3, 0.4) is 0 Å². The molecule has 0 rings (SSSR count). The van der Waals surface area contributed by atoms with Crippen molar-refractivity contribution in [1.29, 1.82) is 0 Å². The molecule has 2 amide bonds. The van der Waals surface area contributed by atoms with Crippen LogP contribution in [0.2, 0.25) is 0 Å². The maximum Gasteiger partial charge on any atom is 0.326 e. The van der Waals surface area contributed by atoms with E-state index in [0.717, 1.165) is 0 Å². The molecule has 0 aliphatic heterocycles. The summed E-state index contributed by atoms with van der Waals surface area (Å²) in [5, 5.41) is 8.92. The molecule has 1 N–H and O–H groups in total. The Labute approximate surface area is 114 Å². The molecule has 1 atom stereocenters. The monoisotopic (exact) mass is 276 g/mol. The number of aliphatic carboxylic acids is 1. The number of amides is 2. The summed E-state index contributed by atoms with van der Waals surface area (Å²) in [6, 6.07) is -1.18. The van der Waals surface area contributed by atoms with Gasteiger partial charge in [0.1, 0.15) is 6.04 Å². The van der Waals surface area contributed by atoms with Crippen molar-refractivity contribution < 1.29 is 24.2 Å². The zero-order valence-corrected chi connectivity index (χ0v) is 12.1. The number of carbonyl (C=O) groups is 2. The molecular weight excluding hydrogens is 252 g/mol. The van der Waals surface area contributed by atoms with E-state index in [1.165, 1.54) is 18.9 Å². The number of nitrogens with zero attached hydrogens (tertiary/aromatic N) is 2. The topological polar surface area (TPSA) is 79.3 Å². The number of methoxy groups -OCH3 is 2. The van der Waals surface area contributed by atoms with Gasteiger partial charge in [-0.25, -0.2) is 9.59 Å². The highest BCUT2D eigenvalue weighted by molar-refractivity contribution is 5.82. The lowest BCUT2D eigenvalue weighted by Crippen LogP contribution is -2.49. The van der Waals surface area contributed by atoms with Gasteiger partial charge < -0.3 is 24.4 Å². The maximum atomic E-state index is 12.2. The van der Waals surface area contributed by atoms with Gasteiger partial charge in [0.05, 0.1) is 6.61 Å². The van der Waals surface area contributed by atoms with Crippen molar-refractivity contribution in [3.8, 4) is 0 Å². The molecule has 0 spiro atoms. The van der Waals surface area contributed by atoms with Gasteiger partial charge in [0, 0.05) is 41.0 Å². The van der Waals surface area contributed by atoms with E-state index >= 15 is 0 Å². The number of ether oxygens (including phenoxy) is 2. The summed E-state index contributed by atoms with van der Waals surface area (Å²) in [6.45, 7) is 3.37. The van der Waals surface area contributed by atoms with Crippen molar-refractivity contribution in [1.82, 2.24) is 9.80 Å². The molecule has 0 aliphatic rings. The van der Waals surface area contributed by atoms with Crippen molar-refractivity contribution in [2.75, 3.05) is 47.6 Å². The van der Waals surface area contributed by atoms with Crippen LogP contribution < -0.4 is 0 Å². The summed E-state index contributed by atoms with van der Waals surface area (Å²) in [4.78, 5) is 25.9. The number of urea groups is 1. The lowest BCUT2D eigenvalue weighted by Gasteiger charge is -2.30. The van der Waals surface area contributed by atoms with Crippen molar-refractivity contribution in [3.63, 3.8) is 0 Å². The quantitative estimate of drug-likeness (QED) is 0.620. The fourth-order valence-electron chi connectivity index (χ4n) is 1.46. The van der Waals surface area contributed by atoms with Crippen LogP contribution in [0.15, 0.2) is 0 Å². The number of rotatable bonds is 9. The summed E-state index contributed by atoms with van der Waals surface area (Å²) in [6.07, 6.45) is 0.696. The maximum absolute atomic E-state index is 12.2. The summed E-state index contributed by atoms with van der Waals surface area (Å²) in [5.41, 5.74) is 0. The third-order valence-corrected chi connectivity index (χ3v) is 2.85. The van der Waals surface area contributed by atoms with Gasteiger partial charge in [0.15, 0.2) is 0 Å². The van der Waals surface area contributed by atoms with E-state index in [2.05, 4.69) is 0 Å². The number of carboxylic acid groups (broad SMARTS) is 1. The van der Waals surface area contributed by atoms with Crippen LogP contribution in [0, 0.1) is 0 Å². The Balaban J connectivity index is 4.54. The minimum Gasteiger partial charge on any atom is -0.480 e. The van der Waals surface area contributed by atoms with Crippen molar-refractivity contribution in [2.24, 2.45) is 0 Å². The Morgan fingerprint density at radius 1 is 1.16 bits per heavy atom. The van der Waals surface area contributed by atoms with Crippen LogP contribution >= 0.6 is 0 Å². The number of carbonyl (C=O) groups excluding carboxylic acids is 1. The third-order valence-electron chi connectivity index (χ3n) is 2.85. The standard InChI is InChI=1S/C12H24N2O5/c1-10(11(15)16)13(2)12(17)14(7-9-19-4)6-5-8-18-3/h10H,5-9H2,1-4H3,(H,15,16). The van der Waals surface area contributed by atoms with E-state index in [1.807, 2.05) is 0 Å². The first-order chi connectivity index (χ1) is 8.95. The molecular formula is C12H24N2O5. The lowest BCUT2D eigenvalue weighted by molar-refractivity contribution is -0.141. The smallest absolute Gasteiger partial charge is 0.326 e. The largest absolute Gasteiger partial charge is 0.480 e. The van der Waals surface area contributed by atoms with Gasteiger partial charge in [-0.2, -0.15) is 0 Å². The van der Waals surface area contributed by atoms with Crippen LogP contribution in [0.1, 0.15) is 13.3 Å². The summed E-state index contributed by atoms with van der Waals surface area (Å²) in [7, 11) is 4.64. The summed E-state index contributed by atoms with van der Waals surface area (Å²) >= 11 is 0. The van der Waals surface area contributed by atoms with Crippen LogP contribution in [0.5, 0.6) is 0 Å². The third kappa shape index (κ3) is 6.40. The molecule has 7 nitrogen and oxygen atoms in total. The van der Waals surface area contributed by atoms with E-state index < -0.39 is 12.0 Å². The Hall–Kier alpha value is -1.34. The molecule has 0 aromatic heterocycles. The molecule has 0 heterocycles. The molecule has 0 aliphatic carbocycles. The van der Waals surface area contributed by atoms with Gasteiger partial charge in [-0.05, 0) is 13.3 Å². The molecule has 0 aromatic rings. The highest BCUT2D eigenvalue weighted by Gasteiger charge is 2.25. The average molecular weight is 276 g/mol. The minimum absolute atomic E-state index is 0.317. The molecule has 0 bridgehead atoms. The Bertz CT molecular complexity index is 285. The number of hydrogen-bond donors (Lipinski definition) is 1. The Kier molecular flexibility index (Phi) is 8.90. The Morgan fingerprint density at radius 2 is 1.74 bits per heavy atom. The van der Waals surface area contributed by atoms with Crippen molar-refractivity contribution in [3.05, 3.63) is 0 Å². The zero-order chi connectivity index (χ0) is 14.8. The van der Waals surface area contributed by atoms with E-state index in [-0.39, 0.29) is 6.03 Å². The second-order valence-electron chi connectivity index (χ2n) is 4.23. The van der Waals surface area contributed by atoms with Gasteiger partial charge in [0.25, 0.3) is 0 Å². The highest BCUT2D eigenvalue weighted by atomic mass is 16.5. The van der Waals surface area contributed by atoms with E-state index in [9.17, 15) is 9.59 Å². The predicted molar refractivity (Wildman–Crippen MR) is 70.2 cm³/mol. The molecule has 7 heteroatoms. The molecule has 19 heavy (non-hydrogen) atoms. The van der Waals surface area contributed by atoms with Crippen LogP contribution in [0.4, 0.5) is 4.79 Å². The average Bonchev–Trinajstić information content (AvgIpc) is 2.40. The molecule has 0 saturated carbocycles. The number of carboxylic acids is 1. The second kappa shape index (κ2) is 9.57. The Morgan fingerprint density at radius 3 is 2.21 bits per heavy atom. The van der Waals surface area contributed by atoms with Gasteiger partial charge in [0.2, 0.25) is 0 Å². The number of likely N-dealkylation sites (N-methyl/N-ethyl adjacent to an activating group) is 1. The van der Waals surface area contributed by atoms with Crippen LogP contribution in [-0.4, -0.2) is 80.5 Å². The molecule has 0 aromatic carbocycles. The molecule has 112 valence electrons. The first-order valence-electron chi connectivity index (χ1n) is 6.18. The first kappa shape index (κ1) is 17.7. The van der Waals surface area contributed by atoms with Crippen molar-refractivity contribution in [2.45, 2.75) is 19.4 Å². The lowest BCUT2D eigenvalue weighted by atomic mass is 10.3. The van der Waals surface area contributed by atoms with E-state index in [0.29, 0.717) is 32.7 Å². The second-order valence-corrected chi connectivity index (χ2v) is 4.23. The molecule has 1 unspecified atom stereocenters. The minimum atomic E-state index is -1.03. The van der Waals surface area contributed by atoms with Crippen LogP contribution in [-0.2, 0) is 14.3 Å². The SMILES string of the molecule is COCCCN(CCOC)C(=O)N(C)C(C)C(=O)O. The zero-order valence-electron chi connectivity index (χ0n) is 12.1. The van der Waals surface area contributed by atoms with Gasteiger partial charge in [-0.15, -0.1) is 0 Å². The van der Waals surface area contributed by atoms with E-state index in [1.54, 1.807) is 19.1 Å². The van der Waals surface area contributed by atoms with Crippen LogP contribution in [0.25, 0.3) is 0 Å². The molecule has 0 fully saturated rings. The fourth-order valence-corrected chi connectivity index (χ4v) is 1.46. The predicted octanol–water partition coefficient (Wildman–Crippen LogP) is 0.496. The highest BCUT2D eigenvalue weighted by Crippen LogP contribution is 2.04.